The van der Waals surface area contributed by atoms with Crippen LogP contribution in [-0.4, -0.2) is 40.0 Å². The SMILES string of the molecule is Cn1ccnc1C(O)(CCNC(=O)N1CCc2ccccc21)C(F)(F)F. The number of carbonyl (C=O) groups is 1. The largest absolute Gasteiger partial charge is 0.424 e. The molecule has 1 aliphatic rings. The van der Waals surface area contributed by atoms with Crippen molar-refractivity contribution >= 4 is 11.7 Å². The number of halogens is 3. The highest BCUT2D eigenvalue weighted by atomic mass is 19.4. The lowest BCUT2D eigenvalue weighted by Gasteiger charge is -2.30. The van der Waals surface area contributed by atoms with Crippen LogP contribution in [0.15, 0.2) is 36.7 Å². The second-order valence-electron chi connectivity index (χ2n) is 6.23. The molecule has 0 saturated carbocycles. The van der Waals surface area contributed by atoms with E-state index in [0.29, 0.717) is 13.0 Å². The molecule has 2 amide bonds. The van der Waals surface area contributed by atoms with Crippen molar-refractivity contribution in [3.63, 3.8) is 0 Å². The van der Waals surface area contributed by atoms with Gasteiger partial charge in [0.25, 0.3) is 0 Å². The van der Waals surface area contributed by atoms with Crippen LogP contribution in [0.2, 0.25) is 0 Å². The van der Waals surface area contributed by atoms with E-state index in [-0.39, 0.29) is 6.54 Å². The van der Waals surface area contributed by atoms with Crippen molar-refractivity contribution in [2.24, 2.45) is 7.05 Å². The Labute approximate surface area is 148 Å². The molecule has 1 unspecified atom stereocenters. The Morgan fingerprint density at radius 2 is 2.08 bits per heavy atom. The number of aliphatic hydroxyl groups is 1. The fourth-order valence-electron chi connectivity index (χ4n) is 3.14. The number of aromatic nitrogens is 2. The maximum absolute atomic E-state index is 13.4. The van der Waals surface area contributed by atoms with Crippen LogP contribution >= 0.6 is 0 Å². The van der Waals surface area contributed by atoms with Gasteiger partial charge in [0.15, 0.2) is 0 Å². The van der Waals surface area contributed by atoms with Gasteiger partial charge in [-0.15, -0.1) is 0 Å². The Hall–Kier alpha value is -2.55. The van der Waals surface area contributed by atoms with Gasteiger partial charge in [-0.1, -0.05) is 18.2 Å². The molecule has 2 N–H and O–H groups in total. The van der Waals surface area contributed by atoms with Crippen molar-refractivity contribution in [3.05, 3.63) is 48.0 Å². The number of benzene rings is 1. The van der Waals surface area contributed by atoms with E-state index in [0.717, 1.165) is 15.8 Å². The topological polar surface area (TPSA) is 70.4 Å². The summed E-state index contributed by atoms with van der Waals surface area (Å²) in [6.45, 7) is 0.119. The number of aryl methyl sites for hydroxylation is 1. The van der Waals surface area contributed by atoms with Gasteiger partial charge in [0.2, 0.25) is 5.60 Å². The van der Waals surface area contributed by atoms with E-state index in [1.54, 1.807) is 12.1 Å². The number of nitrogens with one attached hydrogen (secondary N) is 1. The predicted molar refractivity (Wildman–Crippen MR) is 88.7 cm³/mol. The molecule has 1 aromatic heterocycles. The molecular formula is C17H19F3N4O2. The number of urea groups is 1. The lowest BCUT2D eigenvalue weighted by Crippen LogP contribution is -2.48. The summed E-state index contributed by atoms with van der Waals surface area (Å²) in [5.41, 5.74) is -1.37. The van der Waals surface area contributed by atoms with Crippen molar-refractivity contribution in [2.45, 2.75) is 24.6 Å². The highest BCUT2D eigenvalue weighted by Crippen LogP contribution is 2.40. The first-order valence-corrected chi connectivity index (χ1v) is 8.14. The summed E-state index contributed by atoms with van der Waals surface area (Å²) < 4.78 is 41.4. The van der Waals surface area contributed by atoms with Gasteiger partial charge < -0.3 is 15.0 Å². The van der Waals surface area contributed by atoms with Crippen LogP contribution in [0.3, 0.4) is 0 Å². The van der Waals surface area contributed by atoms with Crippen molar-refractivity contribution < 1.29 is 23.1 Å². The highest BCUT2D eigenvalue weighted by molar-refractivity contribution is 5.94. The Morgan fingerprint density at radius 1 is 1.35 bits per heavy atom. The number of fused-ring (bicyclic) bond motifs is 1. The van der Waals surface area contributed by atoms with E-state index in [9.17, 15) is 23.1 Å². The zero-order valence-electron chi connectivity index (χ0n) is 14.1. The Morgan fingerprint density at radius 3 is 2.73 bits per heavy atom. The average molecular weight is 368 g/mol. The summed E-state index contributed by atoms with van der Waals surface area (Å²) in [4.78, 5) is 17.4. The van der Waals surface area contributed by atoms with Gasteiger partial charge in [-0.25, -0.2) is 9.78 Å². The third-order valence-electron chi connectivity index (χ3n) is 4.56. The Bertz CT molecular complexity index is 805. The molecule has 6 nitrogen and oxygen atoms in total. The van der Waals surface area contributed by atoms with Crippen LogP contribution in [0.25, 0.3) is 0 Å². The second-order valence-corrected chi connectivity index (χ2v) is 6.23. The molecule has 0 spiro atoms. The summed E-state index contributed by atoms with van der Waals surface area (Å²) in [5, 5.41) is 12.7. The first kappa shape index (κ1) is 18.2. The number of nitrogens with zero attached hydrogens (tertiary/aromatic N) is 3. The van der Waals surface area contributed by atoms with Crippen LogP contribution < -0.4 is 10.2 Å². The normalized spacial score (nSPS) is 16.3. The van der Waals surface area contributed by atoms with Gasteiger partial charge in [0.1, 0.15) is 5.82 Å². The third kappa shape index (κ3) is 3.14. The van der Waals surface area contributed by atoms with E-state index in [1.165, 1.54) is 24.3 Å². The average Bonchev–Trinajstić information content (AvgIpc) is 3.19. The van der Waals surface area contributed by atoms with E-state index in [4.69, 9.17) is 0 Å². The number of alkyl halides is 3. The lowest BCUT2D eigenvalue weighted by atomic mass is 9.97. The minimum Gasteiger partial charge on any atom is -0.374 e. The molecule has 9 heteroatoms. The molecule has 2 heterocycles. The highest BCUT2D eigenvalue weighted by Gasteiger charge is 2.57. The lowest BCUT2D eigenvalue weighted by molar-refractivity contribution is -0.272. The molecular weight excluding hydrogens is 349 g/mol. The third-order valence-corrected chi connectivity index (χ3v) is 4.56. The number of anilines is 1. The van der Waals surface area contributed by atoms with Gasteiger partial charge in [-0.3, -0.25) is 4.90 Å². The van der Waals surface area contributed by atoms with E-state index < -0.39 is 30.1 Å². The molecule has 1 atom stereocenters. The van der Waals surface area contributed by atoms with Crippen molar-refractivity contribution in [3.8, 4) is 0 Å². The molecule has 1 aliphatic heterocycles. The van der Waals surface area contributed by atoms with Crippen LogP contribution in [0.5, 0.6) is 0 Å². The number of hydrogen-bond acceptors (Lipinski definition) is 3. The molecule has 2 aromatic rings. The molecule has 26 heavy (non-hydrogen) atoms. The Balaban J connectivity index is 1.68. The minimum atomic E-state index is -4.92. The van der Waals surface area contributed by atoms with Crippen LogP contribution in [0, 0.1) is 0 Å². The number of amides is 2. The molecule has 0 fully saturated rings. The molecule has 0 radical (unpaired) electrons. The molecule has 1 aromatic carbocycles. The maximum atomic E-state index is 13.4. The van der Waals surface area contributed by atoms with Crippen LogP contribution in [0.4, 0.5) is 23.7 Å². The predicted octanol–water partition coefficient (Wildman–Crippen LogP) is 2.33. The summed E-state index contributed by atoms with van der Waals surface area (Å²) in [6.07, 6.45) is -2.44. The van der Waals surface area contributed by atoms with Crippen molar-refractivity contribution in [1.29, 1.82) is 0 Å². The molecule has 0 saturated heterocycles. The fourth-order valence-corrected chi connectivity index (χ4v) is 3.14. The minimum absolute atomic E-state index is 0.347. The first-order chi connectivity index (χ1) is 12.2. The summed E-state index contributed by atoms with van der Waals surface area (Å²) in [7, 11) is 1.37. The standard InChI is InChI=1S/C17H19F3N4O2/c1-23-11-9-21-14(23)16(26,17(18,19)20)7-8-22-15(25)24-10-6-12-4-2-3-5-13(12)24/h2-5,9,11,26H,6-8,10H2,1H3,(H,22,25). The molecule has 0 bridgehead atoms. The van der Waals surface area contributed by atoms with E-state index >= 15 is 0 Å². The summed E-state index contributed by atoms with van der Waals surface area (Å²) in [5.74, 6) is -0.509. The summed E-state index contributed by atoms with van der Waals surface area (Å²) in [6, 6.07) is 6.89. The van der Waals surface area contributed by atoms with Gasteiger partial charge in [-0.05, 0) is 18.1 Å². The van der Waals surface area contributed by atoms with Crippen molar-refractivity contribution in [1.82, 2.24) is 14.9 Å². The monoisotopic (exact) mass is 368 g/mol. The van der Waals surface area contributed by atoms with Gasteiger partial charge in [0, 0.05) is 44.6 Å². The number of carbonyl (C=O) groups excluding carboxylic acids is 1. The van der Waals surface area contributed by atoms with E-state index in [2.05, 4.69) is 10.3 Å². The van der Waals surface area contributed by atoms with Crippen LogP contribution in [0.1, 0.15) is 17.8 Å². The zero-order valence-corrected chi connectivity index (χ0v) is 14.1. The zero-order chi connectivity index (χ0) is 18.9. The molecule has 3 rings (SSSR count). The first-order valence-electron chi connectivity index (χ1n) is 8.14. The number of para-hydroxylation sites is 1. The van der Waals surface area contributed by atoms with Gasteiger partial charge >= 0.3 is 12.2 Å². The quantitative estimate of drug-likeness (QED) is 0.870. The number of rotatable bonds is 4. The smallest absolute Gasteiger partial charge is 0.374 e. The fraction of sp³-hybridized carbons (Fsp3) is 0.412. The molecule has 140 valence electrons. The Kier molecular flexibility index (Phi) is 4.66. The second kappa shape index (κ2) is 6.64. The van der Waals surface area contributed by atoms with Gasteiger partial charge in [0.05, 0.1) is 0 Å². The van der Waals surface area contributed by atoms with Crippen molar-refractivity contribution in [2.75, 3.05) is 18.0 Å². The maximum Gasteiger partial charge on any atom is 0.424 e. The molecule has 0 aliphatic carbocycles. The van der Waals surface area contributed by atoms with Gasteiger partial charge in [-0.2, -0.15) is 13.2 Å². The number of imidazole rings is 1. The summed E-state index contributed by atoms with van der Waals surface area (Å²) >= 11 is 0. The van der Waals surface area contributed by atoms with Crippen LogP contribution in [-0.2, 0) is 19.1 Å². The number of hydrogen-bond donors (Lipinski definition) is 2. The van der Waals surface area contributed by atoms with E-state index in [1.807, 2.05) is 12.1 Å².